The molecule has 2 rings (SSSR count). The third-order valence-electron chi connectivity index (χ3n) is 2.87. The largest absolute Gasteiger partial charge is 0.391 e. The molecule has 0 amide bonds. The van der Waals surface area contributed by atoms with E-state index in [0.717, 1.165) is 22.8 Å². The summed E-state index contributed by atoms with van der Waals surface area (Å²) in [6, 6.07) is 4.71. The van der Waals surface area contributed by atoms with E-state index in [-0.39, 0.29) is 6.04 Å². The lowest BCUT2D eigenvalue weighted by molar-refractivity contribution is 0.180. The zero-order chi connectivity index (χ0) is 11.0. The average Bonchev–Trinajstić information content (AvgIpc) is 2.55. The normalized spacial score (nSPS) is 21.3. The van der Waals surface area contributed by atoms with Crippen LogP contribution in [-0.4, -0.2) is 17.5 Å². The molecule has 2 heterocycles. The molecule has 2 N–H and O–H groups in total. The van der Waals surface area contributed by atoms with Crippen molar-refractivity contribution in [2.24, 2.45) is 0 Å². The van der Waals surface area contributed by atoms with E-state index in [4.69, 9.17) is 5.73 Å². The van der Waals surface area contributed by atoms with Crippen molar-refractivity contribution in [1.82, 2.24) is 4.90 Å². The second-order valence-electron chi connectivity index (χ2n) is 4.15. The summed E-state index contributed by atoms with van der Waals surface area (Å²) in [5.74, 6) is 0. The van der Waals surface area contributed by atoms with Crippen LogP contribution in [0.3, 0.4) is 0 Å². The number of nitrogens with zero attached hydrogens (tertiary/aromatic N) is 2. The van der Waals surface area contributed by atoms with Crippen LogP contribution in [0.25, 0.3) is 0 Å². The minimum Gasteiger partial charge on any atom is -0.391 e. The minimum absolute atomic E-state index is 0.101. The zero-order valence-electron chi connectivity index (χ0n) is 9.03. The second kappa shape index (κ2) is 3.84. The number of hydrogen-bond acceptors (Lipinski definition) is 4. The smallest absolute Gasteiger partial charge is 0.133 e. The maximum atomic E-state index is 9.24. The molecule has 1 aliphatic heterocycles. The lowest BCUT2D eigenvalue weighted by Crippen LogP contribution is -2.38. The Hall–Kier alpha value is -1.05. The van der Waals surface area contributed by atoms with Crippen molar-refractivity contribution >= 4 is 16.3 Å². The van der Waals surface area contributed by atoms with Gasteiger partial charge in [-0.25, -0.2) is 0 Å². The highest BCUT2D eigenvalue weighted by Gasteiger charge is 2.30. The summed E-state index contributed by atoms with van der Waals surface area (Å²) in [6.07, 6.45) is 1.01. The molecule has 0 saturated heterocycles. The number of hydrogen-bond donors (Lipinski definition) is 1. The van der Waals surface area contributed by atoms with E-state index in [9.17, 15) is 5.26 Å². The molecule has 3 nitrogen and oxygen atoms in total. The number of rotatable bonds is 1. The topological polar surface area (TPSA) is 53.0 Å². The van der Waals surface area contributed by atoms with Crippen molar-refractivity contribution in [2.45, 2.75) is 32.4 Å². The maximum Gasteiger partial charge on any atom is 0.133 e. The Morgan fingerprint density at radius 1 is 1.67 bits per heavy atom. The molecule has 80 valence electrons. The van der Waals surface area contributed by atoms with Crippen molar-refractivity contribution in [3.05, 3.63) is 16.5 Å². The Labute approximate surface area is 94.1 Å². The minimum atomic E-state index is -0.101. The number of nitrogens with two attached hydrogens (primary N) is 1. The SMILES string of the molecule is CC(C)N1CCc2cc(N)sc2C1C#N. The summed E-state index contributed by atoms with van der Waals surface area (Å²) < 4.78 is 0. The van der Waals surface area contributed by atoms with Crippen molar-refractivity contribution in [1.29, 1.82) is 5.26 Å². The molecular weight excluding hydrogens is 206 g/mol. The first kappa shape index (κ1) is 10.5. The molecule has 1 aromatic heterocycles. The van der Waals surface area contributed by atoms with Crippen LogP contribution < -0.4 is 5.73 Å². The fourth-order valence-electron chi connectivity index (χ4n) is 2.11. The summed E-state index contributed by atoms with van der Waals surface area (Å²) in [5.41, 5.74) is 7.05. The van der Waals surface area contributed by atoms with E-state index in [1.807, 2.05) is 6.07 Å². The molecule has 4 heteroatoms. The number of anilines is 1. The van der Waals surface area contributed by atoms with E-state index >= 15 is 0 Å². The summed E-state index contributed by atoms with van der Waals surface area (Å²) in [5, 5.41) is 10.1. The van der Waals surface area contributed by atoms with Crippen LogP contribution in [-0.2, 0) is 6.42 Å². The third-order valence-corrected chi connectivity index (χ3v) is 3.92. The molecule has 0 fully saturated rings. The summed E-state index contributed by atoms with van der Waals surface area (Å²) in [4.78, 5) is 3.38. The first-order chi connectivity index (χ1) is 7.13. The highest BCUT2D eigenvalue weighted by Crippen LogP contribution is 2.37. The van der Waals surface area contributed by atoms with Gasteiger partial charge in [0.05, 0.1) is 11.1 Å². The van der Waals surface area contributed by atoms with E-state index in [1.165, 1.54) is 5.56 Å². The molecule has 1 aliphatic rings. The van der Waals surface area contributed by atoms with Crippen LogP contribution in [0, 0.1) is 11.3 Å². The predicted molar refractivity (Wildman–Crippen MR) is 62.6 cm³/mol. The van der Waals surface area contributed by atoms with Gasteiger partial charge in [0.2, 0.25) is 0 Å². The van der Waals surface area contributed by atoms with Crippen molar-refractivity contribution in [2.75, 3.05) is 12.3 Å². The van der Waals surface area contributed by atoms with Gasteiger partial charge < -0.3 is 5.73 Å². The molecular formula is C11H15N3S. The van der Waals surface area contributed by atoms with E-state index in [2.05, 4.69) is 24.8 Å². The molecule has 0 bridgehead atoms. The number of nitriles is 1. The van der Waals surface area contributed by atoms with Crippen molar-refractivity contribution in [3.63, 3.8) is 0 Å². The van der Waals surface area contributed by atoms with Gasteiger partial charge in [-0.1, -0.05) is 0 Å². The Kier molecular flexibility index (Phi) is 2.68. The third kappa shape index (κ3) is 1.73. The van der Waals surface area contributed by atoms with Crippen LogP contribution in [0.5, 0.6) is 0 Å². The lowest BCUT2D eigenvalue weighted by Gasteiger charge is -2.34. The Morgan fingerprint density at radius 3 is 3.00 bits per heavy atom. The van der Waals surface area contributed by atoms with Gasteiger partial charge in [-0.3, -0.25) is 4.90 Å². The van der Waals surface area contributed by atoms with Gasteiger partial charge in [0.15, 0.2) is 0 Å². The fourth-order valence-corrected chi connectivity index (χ4v) is 3.16. The van der Waals surface area contributed by atoms with Crippen LogP contribution in [0.2, 0.25) is 0 Å². The molecule has 1 unspecified atom stereocenters. The predicted octanol–water partition coefficient (Wildman–Crippen LogP) is 2.16. The quantitative estimate of drug-likeness (QED) is 0.790. The molecule has 0 spiro atoms. The van der Waals surface area contributed by atoms with E-state index in [1.54, 1.807) is 11.3 Å². The van der Waals surface area contributed by atoms with Crippen LogP contribution in [0.1, 0.15) is 30.3 Å². The number of nitrogen functional groups attached to an aromatic ring is 1. The highest BCUT2D eigenvalue weighted by atomic mass is 32.1. The van der Waals surface area contributed by atoms with E-state index in [0.29, 0.717) is 6.04 Å². The van der Waals surface area contributed by atoms with Crippen molar-refractivity contribution < 1.29 is 0 Å². The summed E-state index contributed by atoms with van der Waals surface area (Å²) in [6.45, 7) is 5.22. The van der Waals surface area contributed by atoms with Gasteiger partial charge in [0, 0.05) is 17.5 Å². The molecule has 0 saturated carbocycles. The van der Waals surface area contributed by atoms with Crippen LogP contribution in [0.4, 0.5) is 5.00 Å². The van der Waals surface area contributed by atoms with Crippen molar-refractivity contribution in [3.8, 4) is 6.07 Å². The monoisotopic (exact) mass is 221 g/mol. The van der Waals surface area contributed by atoms with E-state index < -0.39 is 0 Å². The maximum absolute atomic E-state index is 9.24. The second-order valence-corrected chi connectivity index (χ2v) is 5.27. The van der Waals surface area contributed by atoms with Crippen LogP contribution in [0.15, 0.2) is 6.07 Å². The van der Waals surface area contributed by atoms with Gasteiger partial charge in [-0.05, 0) is 31.9 Å². The summed E-state index contributed by atoms with van der Waals surface area (Å²) in [7, 11) is 0. The Morgan fingerprint density at radius 2 is 2.40 bits per heavy atom. The molecule has 15 heavy (non-hydrogen) atoms. The highest BCUT2D eigenvalue weighted by molar-refractivity contribution is 7.16. The molecule has 1 aromatic rings. The molecule has 0 aromatic carbocycles. The first-order valence-electron chi connectivity index (χ1n) is 5.17. The molecule has 1 atom stereocenters. The lowest BCUT2D eigenvalue weighted by atomic mass is 10.0. The van der Waals surface area contributed by atoms with Crippen LogP contribution >= 0.6 is 11.3 Å². The van der Waals surface area contributed by atoms with Gasteiger partial charge in [0.1, 0.15) is 6.04 Å². The Balaban J connectivity index is 2.39. The van der Waals surface area contributed by atoms with Gasteiger partial charge in [-0.15, -0.1) is 11.3 Å². The van der Waals surface area contributed by atoms with Gasteiger partial charge >= 0.3 is 0 Å². The standard InChI is InChI=1S/C11H15N3S/c1-7(2)14-4-3-8-5-10(13)15-11(8)9(14)6-12/h5,7,9H,3-4,13H2,1-2H3. The molecule has 0 radical (unpaired) electrons. The van der Waals surface area contributed by atoms with Gasteiger partial charge in [0.25, 0.3) is 0 Å². The summed E-state index contributed by atoms with van der Waals surface area (Å²) >= 11 is 1.56. The average molecular weight is 221 g/mol. The number of thiophene rings is 1. The first-order valence-corrected chi connectivity index (χ1v) is 5.98. The number of fused-ring (bicyclic) bond motifs is 1. The zero-order valence-corrected chi connectivity index (χ0v) is 9.84. The molecule has 0 aliphatic carbocycles. The fraction of sp³-hybridized carbons (Fsp3) is 0.545. The Bertz CT molecular complexity index is 402. The van der Waals surface area contributed by atoms with Gasteiger partial charge in [-0.2, -0.15) is 5.26 Å².